The molecule has 9 heteroatoms. The van der Waals surface area contributed by atoms with Crippen molar-refractivity contribution in [1.29, 1.82) is 0 Å². The molecule has 0 aromatic heterocycles. The first-order valence-corrected chi connectivity index (χ1v) is 8.25. The van der Waals surface area contributed by atoms with Gasteiger partial charge in [0.05, 0.1) is 24.6 Å². The molecule has 1 aliphatic rings. The molecule has 0 bridgehead atoms. The molecule has 1 saturated heterocycles. The minimum absolute atomic E-state index is 0.0564. The van der Waals surface area contributed by atoms with Crippen LogP contribution in [0.25, 0.3) is 0 Å². The van der Waals surface area contributed by atoms with Crippen molar-refractivity contribution in [2.75, 3.05) is 33.4 Å². The van der Waals surface area contributed by atoms with Crippen LogP contribution in [0.2, 0.25) is 0 Å². The van der Waals surface area contributed by atoms with Gasteiger partial charge in [0.1, 0.15) is 0 Å². The number of alkyl halides is 3. The number of halogens is 3. The van der Waals surface area contributed by atoms with Gasteiger partial charge in [-0.1, -0.05) is 18.2 Å². The van der Waals surface area contributed by atoms with Crippen LogP contribution in [0.4, 0.5) is 13.2 Å². The molecule has 1 heterocycles. The predicted octanol–water partition coefficient (Wildman–Crippen LogP) is 1.16. The SMILES string of the molecule is COCCNC(=O)C[C@H]1C(=O)NCCN1Cc1ccccc1C(F)(F)F. The summed E-state index contributed by atoms with van der Waals surface area (Å²) in [5.74, 6) is -0.708. The van der Waals surface area contributed by atoms with Gasteiger partial charge in [-0.2, -0.15) is 13.2 Å². The fraction of sp³-hybridized carbons (Fsp3) is 0.529. The van der Waals surface area contributed by atoms with Crippen molar-refractivity contribution in [2.45, 2.75) is 25.2 Å². The van der Waals surface area contributed by atoms with Gasteiger partial charge in [-0.25, -0.2) is 0 Å². The lowest BCUT2D eigenvalue weighted by molar-refractivity contribution is -0.139. The number of piperazine rings is 1. The van der Waals surface area contributed by atoms with Gasteiger partial charge in [0, 0.05) is 33.3 Å². The van der Waals surface area contributed by atoms with E-state index in [-0.39, 0.29) is 30.3 Å². The minimum atomic E-state index is -4.47. The lowest BCUT2D eigenvalue weighted by atomic mass is 10.0. The van der Waals surface area contributed by atoms with Crippen LogP contribution in [-0.2, 0) is 27.0 Å². The normalized spacial score (nSPS) is 18.5. The first-order chi connectivity index (χ1) is 12.3. The molecule has 0 spiro atoms. The van der Waals surface area contributed by atoms with E-state index in [1.54, 1.807) is 4.90 Å². The second-order valence-electron chi connectivity index (χ2n) is 5.98. The molecule has 2 rings (SSSR count). The topological polar surface area (TPSA) is 70.7 Å². The fourth-order valence-corrected chi connectivity index (χ4v) is 2.87. The number of benzene rings is 1. The second-order valence-corrected chi connectivity index (χ2v) is 5.98. The van der Waals surface area contributed by atoms with Crippen molar-refractivity contribution in [3.63, 3.8) is 0 Å². The monoisotopic (exact) mass is 373 g/mol. The molecule has 26 heavy (non-hydrogen) atoms. The molecule has 1 aliphatic heterocycles. The van der Waals surface area contributed by atoms with Gasteiger partial charge in [0.2, 0.25) is 11.8 Å². The highest BCUT2D eigenvalue weighted by molar-refractivity contribution is 5.88. The number of nitrogens with one attached hydrogen (secondary N) is 2. The minimum Gasteiger partial charge on any atom is -0.383 e. The lowest BCUT2D eigenvalue weighted by Crippen LogP contribution is -2.56. The summed E-state index contributed by atoms with van der Waals surface area (Å²) >= 11 is 0. The van der Waals surface area contributed by atoms with Crippen molar-refractivity contribution in [1.82, 2.24) is 15.5 Å². The summed E-state index contributed by atoms with van der Waals surface area (Å²) in [4.78, 5) is 25.8. The number of hydrogen-bond donors (Lipinski definition) is 2. The molecular formula is C17H22F3N3O3. The lowest BCUT2D eigenvalue weighted by Gasteiger charge is -2.35. The standard InChI is InChI=1S/C17H22F3N3O3/c1-26-9-7-21-15(24)10-14-16(25)22-6-8-23(14)11-12-4-2-3-5-13(12)17(18,19)20/h2-5,14H,6-11H2,1H3,(H,21,24)(H,22,25)/t14-/m0/s1. The van der Waals surface area contributed by atoms with Gasteiger partial charge >= 0.3 is 6.18 Å². The Labute approximate surface area is 149 Å². The van der Waals surface area contributed by atoms with Crippen LogP contribution in [0.1, 0.15) is 17.5 Å². The molecule has 1 fully saturated rings. The molecule has 0 saturated carbocycles. The maximum absolute atomic E-state index is 13.2. The van der Waals surface area contributed by atoms with E-state index in [0.29, 0.717) is 26.2 Å². The Balaban J connectivity index is 2.11. The van der Waals surface area contributed by atoms with E-state index in [4.69, 9.17) is 4.74 Å². The maximum atomic E-state index is 13.2. The van der Waals surface area contributed by atoms with Gasteiger partial charge in [-0.15, -0.1) is 0 Å². The summed E-state index contributed by atoms with van der Waals surface area (Å²) in [6.45, 7) is 1.29. The van der Waals surface area contributed by atoms with Crippen LogP contribution in [0, 0.1) is 0 Å². The van der Waals surface area contributed by atoms with Crippen molar-refractivity contribution in [3.05, 3.63) is 35.4 Å². The van der Waals surface area contributed by atoms with Crippen LogP contribution in [0.15, 0.2) is 24.3 Å². The Morgan fingerprint density at radius 2 is 2.12 bits per heavy atom. The highest BCUT2D eigenvalue weighted by Crippen LogP contribution is 2.32. The molecule has 6 nitrogen and oxygen atoms in total. The van der Waals surface area contributed by atoms with Crippen molar-refractivity contribution in [3.8, 4) is 0 Å². The Kier molecular flexibility index (Phi) is 6.98. The summed E-state index contributed by atoms with van der Waals surface area (Å²) < 4.78 is 44.4. The Morgan fingerprint density at radius 3 is 2.81 bits per heavy atom. The molecule has 2 N–H and O–H groups in total. The zero-order valence-electron chi connectivity index (χ0n) is 14.4. The zero-order valence-corrected chi connectivity index (χ0v) is 14.4. The third-order valence-corrected chi connectivity index (χ3v) is 4.14. The number of nitrogens with zero attached hydrogens (tertiary/aromatic N) is 1. The van der Waals surface area contributed by atoms with Crippen LogP contribution < -0.4 is 10.6 Å². The number of carbonyl (C=O) groups is 2. The number of amides is 2. The number of ether oxygens (including phenoxy) is 1. The van der Waals surface area contributed by atoms with Crippen LogP contribution in [-0.4, -0.2) is 56.1 Å². The van der Waals surface area contributed by atoms with Crippen LogP contribution in [0.3, 0.4) is 0 Å². The van der Waals surface area contributed by atoms with Crippen LogP contribution >= 0.6 is 0 Å². The number of methoxy groups -OCH3 is 1. The van der Waals surface area contributed by atoms with Crippen molar-refractivity contribution >= 4 is 11.8 Å². The highest BCUT2D eigenvalue weighted by Gasteiger charge is 2.36. The number of carbonyl (C=O) groups excluding carboxylic acids is 2. The third-order valence-electron chi connectivity index (χ3n) is 4.14. The molecule has 144 valence electrons. The summed E-state index contributed by atoms with van der Waals surface area (Å²) in [7, 11) is 1.50. The quantitative estimate of drug-likeness (QED) is 0.704. The summed E-state index contributed by atoms with van der Waals surface area (Å²) in [5.41, 5.74) is -0.645. The van der Waals surface area contributed by atoms with Gasteiger partial charge in [-0.3, -0.25) is 14.5 Å². The molecule has 1 atom stereocenters. The third kappa shape index (κ3) is 5.43. The van der Waals surface area contributed by atoms with E-state index in [9.17, 15) is 22.8 Å². The Bertz CT molecular complexity index is 637. The van der Waals surface area contributed by atoms with Crippen molar-refractivity contribution < 1.29 is 27.5 Å². The van der Waals surface area contributed by atoms with Gasteiger partial charge in [0.15, 0.2) is 0 Å². The molecular weight excluding hydrogens is 351 g/mol. The number of rotatable bonds is 7. The van der Waals surface area contributed by atoms with Crippen LogP contribution in [0.5, 0.6) is 0 Å². The van der Waals surface area contributed by atoms with E-state index in [2.05, 4.69) is 10.6 Å². The molecule has 0 aliphatic carbocycles. The Hall–Kier alpha value is -2.13. The van der Waals surface area contributed by atoms with Gasteiger partial charge in [-0.05, 0) is 11.6 Å². The summed E-state index contributed by atoms with van der Waals surface area (Å²) in [6.07, 6.45) is -4.59. The molecule has 2 amide bonds. The predicted molar refractivity (Wildman–Crippen MR) is 88.2 cm³/mol. The summed E-state index contributed by atoms with van der Waals surface area (Å²) in [6, 6.07) is 4.46. The molecule has 0 unspecified atom stereocenters. The smallest absolute Gasteiger partial charge is 0.383 e. The molecule has 0 radical (unpaired) electrons. The average Bonchev–Trinajstić information content (AvgIpc) is 2.58. The highest BCUT2D eigenvalue weighted by atomic mass is 19.4. The first kappa shape index (κ1) is 20.2. The van der Waals surface area contributed by atoms with E-state index in [1.807, 2.05) is 0 Å². The molecule has 1 aromatic carbocycles. The summed E-state index contributed by atoms with van der Waals surface area (Å²) in [5, 5.41) is 5.28. The molecule has 1 aromatic rings. The van der Waals surface area contributed by atoms with E-state index >= 15 is 0 Å². The van der Waals surface area contributed by atoms with E-state index < -0.39 is 17.8 Å². The second kappa shape index (κ2) is 9.00. The zero-order chi connectivity index (χ0) is 19.2. The maximum Gasteiger partial charge on any atom is 0.416 e. The first-order valence-electron chi connectivity index (χ1n) is 8.25. The van der Waals surface area contributed by atoms with Gasteiger partial charge in [0.25, 0.3) is 0 Å². The van der Waals surface area contributed by atoms with Crippen molar-refractivity contribution in [2.24, 2.45) is 0 Å². The largest absolute Gasteiger partial charge is 0.416 e. The Morgan fingerprint density at radius 1 is 1.38 bits per heavy atom. The number of hydrogen-bond acceptors (Lipinski definition) is 4. The van der Waals surface area contributed by atoms with E-state index in [1.165, 1.54) is 25.3 Å². The average molecular weight is 373 g/mol. The van der Waals surface area contributed by atoms with E-state index in [0.717, 1.165) is 6.07 Å². The fourth-order valence-electron chi connectivity index (χ4n) is 2.87. The van der Waals surface area contributed by atoms with Gasteiger partial charge < -0.3 is 15.4 Å².